The Kier molecular flexibility index (Phi) is 6.46. The Morgan fingerprint density at radius 2 is 2.33 bits per heavy atom. The van der Waals surface area contributed by atoms with E-state index in [1.807, 2.05) is 0 Å². The molecule has 100 valence electrons. The van der Waals surface area contributed by atoms with Crippen molar-refractivity contribution in [2.75, 3.05) is 13.1 Å². The minimum absolute atomic E-state index is 0.0352. The molecule has 0 saturated carbocycles. The van der Waals surface area contributed by atoms with Gasteiger partial charge >= 0.3 is 0 Å². The summed E-state index contributed by atoms with van der Waals surface area (Å²) in [6, 6.07) is 0. The molecule has 1 saturated heterocycles. The number of piperidine rings is 1. The summed E-state index contributed by atoms with van der Waals surface area (Å²) in [6.07, 6.45) is 5.63. The molecule has 0 aromatic rings. The van der Waals surface area contributed by atoms with E-state index in [1.54, 1.807) is 11.2 Å². The number of halogens is 1. The fourth-order valence-corrected chi connectivity index (χ4v) is 2.96. The summed E-state index contributed by atoms with van der Waals surface area (Å²) < 4.78 is 14.0. The van der Waals surface area contributed by atoms with Crippen molar-refractivity contribution in [2.24, 2.45) is 10.9 Å². The van der Waals surface area contributed by atoms with Crippen LogP contribution in [0.1, 0.15) is 19.8 Å². The largest absolute Gasteiger partial charge is 0.303 e. The topological polar surface area (TPSA) is 49.7 Å². The molecule has 1 rings (SSSR count). The van der Waals surface area contributed by atoms with Gasteiger partial charge in [0.25, 0.3) is 0 Å². The maximum Gasteiger partial charge on any atom is 0.129 e. The van der Waals surface area contributed by atoms with Gasteiger partial charge in [-0.25, -0.2) is 13.5 Å². The number of carbonyl (C=O) groups is 1. The molecule has 6 heteroatoms. The molecule has 0 aromatic carbocycles. The summed E-state index contributed by atoms with van der Waals surface area (Å²) in [5.74, 6) is -0.0352. The van der Waals surface area contributed by atoms with E-state index in [4.69, 9.17) is 11.6 Å². The SMILES string of the molecule is C=C/C(=C\N=C(C)Cl)S(=O)N1CCCC(C=O)C1. The molecule has 0 aliphatic carbocycles. The molecule has 1 aliphatic heterocycles. The normalized spacial score (nSPS) is 24.7. The Balaban J connectivity index is 2.78. The Bertz CT molecular complexity index is 403. The molecule has 1 fully saturated rings. The van der Waals surface area contributed by atoms with Crippen molar-refractivity contribution in [2.45, 2.75) is 19.8 Å². The van der Waals surface area contributed by atoms with E-state index in [0.717, 1.165) is 19.1 Å². The molecule has 1 aliphatic rings. The first-order chi connectivity index (χ1) is 8.58. The number of rotatable bonds is 5. The molecule has 0 bridgehead atoms. The minimum Gasteiger partial charge on any atom is -0.303 e. The molecular formula is C12H17ClN2O2S. The molecule has 0 spiro atoms. The van der Waals surface area contributed by atoms with Crippen LogP contribution >= 0.6 is 11.6 Å². The first-order valence-corrected chi connectivity index (χ1v) is 7.21. The average Bonchev–Trinajstić information content (AvgIpc) is 2.39. The van der Waals surface area contributed by atoms with E-state index in [-0.39, 0.29) is 5.92 Å². The van der Waals surface area contributed by atoms with Gasteiger partial charge < -0.3 is 4.79 Å². The Morgan fingerprint density at radius 1 is 1.61 bits per heavy atom. The maximum absolute atomic E-state index is 12.3. The summed E-state index contributed by atoms with van der Waals surface area (Å²) in [7, 11) is -1.33. The molecule has 2 atom stereocenters. The third kappa shape index (κ3) is 4.48. The van der Waals surface area contributed by atoms with E-state index >= 15 is 0 Å². The summed E-state index contributed by atoms with van der Waals surface area (Å²) in [5, 5.41) is 0.371. The van der Waals surface area contributed by atoms with E-state index in [2.05, 4.69) is 11.6 Å². The van der Waals surface area contributed by atoms with Crippen LogP contribution in [0.3, 0.4) is 0 Å². The number of carbonyl (C=O) groups excluding carboxylic acids is 1. The van der Waals surface area contributed by atoms with Crippen LogP contribution in [0.5, 0.6) is 0 Å². The van der Waals surface area contributed by atoms with Gasteiger partial charge in [-0.05, 0) is 19.8 Å². The molecule has 4 nitrogen and oxygen atoms in total. The predicted molar refractivity (Wildman–Crippen MR) is 75.7 cm³/mol. The lowest BCUT2D eigenvalue weighted by Crippen LogP contribution is -2.37. The predicted octanol–water partition coefficient (Wildman–Crippen LogP) is 2.25. The molecule has 0 aromatic heterocycles. The Morgan fingerprint density at radius 3 is 2.89 bits per heavy atom. The quantitative estimate of drug-likeness (QED) is 0.442. The second-order valence-corrected chi connectivity index (χ2v) is 6.07. The Hall–Kier alpha value is -0.780. The molecule has 18 heavy (non-hydrogen) atoms. The zero-order valence-electron chi connectivity index (χ0n) is 10.3. The third-order valence-corrected chi connectivity index (χ3v) is 4.19. The van der Waals surface area contributed by atoms with Crippen LogP contribution in [-0.2, 0) is 15.8 Å². The lowest BCUT2D eigenvalue weighted by molar-refractivity contribution is -0.111. The van der Waals surface area contributed by atoms with Crippen molar-refractivity contribution in [3.05, 3.63) is 23.8 Å². The summed E-state index contributed by atoms with van der Waals surface area (Å²) in [5.41, 5.74) is 0. The summed E-state index contributed by atoms with van der Waals surface area (Å²) in [6.45, 7) is 6.50. The lowest BCUT2D eigenvalue weighted by Gasteiger charge is -2.28. The standard InChI is InChI=1S/C12H17ClN2O2S/c1-3-12(7-14-10(2)13)18(17)15-6-4-5-11(8-15)9-16/h3,7,9,11H,1,4-6,8H2,2H3/b12-7+,14-10?. The minimum atomic E-state index is -1.33. The van der Waals surface area contributed by atoms with Gasteiger partial charge in [-0.2, -0.15) is 0 Å². The van der Waals surface area contributed by atoms with Crippen LogP contribution in [0.4, 0.5) is 0 Å². The number of allylic oxidation sites excluding steroid dienone is 1. The van der Waals surface area contributed by atoms with Crippen molar-refractivity contribution in [3.63, 3.8) is 0 Å². The van der Waals surface area contributed by atoms with Crippen molar-refractivity contribution >= 4 is 34.0 Å². The highest BCUT2D eigenvalue weighted by Gasteiger charge is 2.24. The van der Waals surface area contributed by atoms with Gasteiger partial charge in [0.15, 0.2) is 0 Å². The van der Waals surface area contributed by atoms with Crippen molar-refractivity contribution in [1.29, 1.82) is 0 Å². The number of aliphatic imine (C=N–C) groups is 1. The monoisotopic (exact) mass is 288 g/mol. The van der Waals surface area contributed by atoms with Crippen molar-refractivity contribution < 1.29 is 9.00 Å². The fraction of sp³-hybridized carbons (Fsp3) is 0.500. The van der Waals surface area contributed by atoms with Gasteiger partial charge in [-0.1, -0.05) is 24.3 Å². The number of nitrogens with zero attached hydrogens (tertiary/aromatic N) is 2. The Labute approximate surface area is 115 Å². The molecule has 0 N–H and O–H groups in total. The zero-order chi connectivity index (χ0) is 13.5. The van der Waals surface area contributed by atoms with Gasteiger partial charge in [-0.15, -0.1) is 0 Å². The van der Waals surface area contributed by atoms with Crippen LogP contribution < -0.4 is 0 Å². The van der Waals surface area contributed by atoms with E-state index < -0.39 is 11.0 Å². The number of hydrogen-bond donors (Lipinski definition) is 0. The van der Waals surface area contributed by atoms with Gasteiger partial charge in [0.1, 0.15) is 22.4 Å². The van der Waals surface area contributed by atoms with Crippen molar-refractivity contribution in [3.8, 4) is 0 Å². The van der Waals surface area contributed by atoms with E-state index in [9.17, 15) is 9.00 Å². The average molecular weight is 289 g/mol. The molecule has 1 heterocycles. The number of hydrogen-bond acceptors (Lipinski definition) is 3. The highest BCUT2D eigenvalue weighted by molar-refractivity contribution is 7.86. The first kappa shape index (κ1) is 15.3. The lowest BCUT2D eigenvalue weighted by atomic mass is 10.0. The molecule has 0 radical (unpaired) electrons. The second-order valence-electron chi connectivity index (χ2n) is 4.04. The van der Waals surface area contributed by atoms with Crippen LogP contribution in [0.15, 0.2) is 28.8 Å². The van der Waals surface area contributed by atoms with Crippen LogP contribution in [0.2, 0.25) is 0 Å². The van der Waals surface area contributed by atoms with Gasteiger partial charge in [0.05, 0.1) is 4.91 Å². The molecular weight excluding hydrogens is 272 g/mol. The van der Waals surface area contributed by atoms with Gasteiger partial charge in [0.2, 0.25) is 0 Å². The third-order valence-electron chi connectivity index (χ3n) is 2.62. The maximum atomic E-state index is 12.3. The zero-order valence-corrected chi connectivity index (χ0v) is 11.9. The molecule has 0 amide bonds. The van der Waals surface area contributed by atoms with Crippen molar-refractivity contribution in [1.82, 2.24) is 4.31 Å². The highest BCUT2D eigenvalue weighted by Crippen LogP contribution is 2.19. The van der Waals surface area contributed by atoms with Gasteiger partial charge in [0, 0.05) is 25.2 Å². The first-order valence-electron chi connectivity index (χ1n) is 5.73. The highest BCUT2D eigenvalue weighted by atomic mass is 35.5. The summed E-state index contributed by atoms with van der Waals surface area (Å²) in [4.78, 5) is 15.2. The second kappa shape index (κ2) is 7.61. The van der Waals surface area contributed by atoms with E-state index in [0.29, 0.717) is 23.2 Å². The molecule has 2 unspecified atom stereocenters. The van der Waals surface area contributed by atoms with Crippen LogP contribution in [-0.4, -0.2) is 33.1 Å². The summed E-state index contributed by atoms with van der Waals surface area (Å²) >= 11 is 5.63. The fourth-order valence-electron chi connectivity index (χ4n) is 1.71. The van der Waals surface area contributed by atoms with Crippen LogP contribution in [0.25, 0.3) is 0 Å². The van der Waals surface area contributed by atoms with Crippen LogP contribution in [0, 0.1) is 5.92 Å². The number of aldehydes is 1. The van der Waals surface area contributed by atoms with E-state index in [1.165, 1.54) is 12.3 Å². The van der Waals surface area contributed by atoms with Gasteiger partial charge in [-0.3, -0.25) is 0 Å². The smallest absolute Gasteiger partial charge is 0.129 e.